The molecule has 0 amide bonds. The molecule has 0 bridgehead atoms. The number of pyridine rings is 1. The maximum Gasteiger partial charge on any atom is 0.144 e. The van der Waals surface area contributed by atoms with E-state index in [-0.39, 0.29) is 5.92 Å². The van der Waals surface area contributed by atoms with Crippen molar-refractivity contribution >= 4 is 21.9 Å². The van der Waals surface area contributed by atoms with Gasteiger partial charge in [0.15, 0.2) is 0 Å². The Balaban J connectivity index is 1.54. The first-order chi connectivity index (χ1) is 15.9. The third-order valence-electron chi connectivity index (χ3n) is 6.64. The Morgan fingerprint density at radius 2 is 1.09 bits per heavy atom. The first kappa shape index (κ1) is 17.5. The lowest BCUT2D eigenvalue weighted by atomic mass is 9.88. The van der Waals surface area contributed by atoms with E-state index in [0.717, 1.165) is 33.2 Å². The number of furan rings is 1. The number of hydrogen-bond donors (Lipinski definition) is 0. The smallest absolute Gasteiger partial charge is 0.144 e. The fraction of sp³-hybridized carbons (Fsp3) is 0.0333. The second-order valence-electron chi connectivity index (χ2n) is 8.33. The van der Waals surface area contributed by atoms with Gasteiger partial charge < -0.3 is 4.42 Å². The van der Waals surface area contributed by atoms with Crippen LogP contribution in [0.1, 0.15) is 22.6 Å². The van der Waals surface area contributed by atoms with Crippen molar-refractivity contribution < 1.29 is 4.42 Å². The molecule has 0 fully saturated rings. The predicted octanol–water partition coefficient (Wildman–Crippen LogP) is 7.81. The molecule has 0 unspecified atom stereocenters. The highest BCUT2D eigenvalue weighted by atomic mass is 16.3. The van der Waals surface area contributed by atoms with Gasteiger partial charge in [-0.1, -0.05) is 84.9 Å². The highest BCUT2D eigenvalue weighted by molar-refractivity contribution is 6.10. The highest BCUT2D eigenvalue weighted by Crippen LogP contribution is 2.50. The Morgan fingerprint density at radius 1 is 0.500 bits per heavy atom. The molecular weight excluding hydrogens is 390 g/mol. The van der Waals surface area contributed by atoms with Crippen LogP contribution in [0.5, 0.6) is 0 Å². The number of aromatic nitrogens is 1. The molecule has 2 nitrogen and oxygen atoms in total. The van der Waals surface area contributed by atoms with Gasteiger partial charge in [-0.05, 0) is 40.5 Å². The molecule has 0 N–H and O–H groups in total. The number of fused-ring (bicyclic) bond motifs is 6. The summed E-state index contributed by atoms with van der Waals surface area (Å²) in [5, 5.41) is 2.28. The first-order valence-corrected chi connectivity index (χ1v) is 10.9. The van der Waals surface area contributed by atoms with Crippen molar-refractivity contribution in [1.29, 1.82) is 0 Å². The van der Waals surface area contributed by atoms with Crippen LogP contribution >= 0.6 is 0 Å². The molecular formula is C30H19NO. The highest BCUT2D eigenvalue weighted by Gasteiger charge is 2.31. The second-order valence-corrected chi connectivity index (χ2v) is 8.33. The number of hydrogen-bond acceptors (Lipinski definition) is 2. The molecule has 0 saturated heterocycles. The SMILES string of the molecule is c1ccc(-c2cccc3c2oc2c(C4c5ccccc5-c5ccccc54)cccc23)nc1. The van der Waals surface area contributed by atoms with Crippen molar-refractivity contribution in [2.24, 2.45) is 0 Å². The van der Waals surface area contributed by atoms with Crippen molar-refractivity contribution in [3.05, 3.63) is 126 Å². The van der Waals surface area contributed by atoms with Crippen molar-refractivity contribution in [2.75, 3.05) is 0 Å². The second kappa shape index (κ2) is 6.66. The van der Waals surface area contributed by atoms with E-state index in [1.54, 1.807) is 0 Å². The minimum Gasteiger partial charge on any atom is -0.455 e. The molecule has 7 rings (SSSR count). The van der Waals surface area contributed by atoms with Gasteiger partial charge in [0.25, 0.3) is 0 Å². The van der Waals surface area contributed by atoms with Gasteiger partial charge in [-0.3, -0.25) is 4.98 Å². The lowest BCUT2D eigenvalue weighted by Gasteiger charge is -2.14. The van der Waals surface area contributed by atoms with Gasteiger partial charge in [0, 0.05) is 34.0 Å². The summed E-state index contributed by atoms with van der Waals surface area (Å²) in [6, 6.07) is 36.3. The monoisotopic (exact) mass is 409 g/mol. The molecule has 2 aromatic heterocycles. The van der Waals surface area contributed by atoms with Gasteiger partial charge >= 0.3 is 0 Å². The zero-order valence-electron chi connectivity index (χ0n) is 17.3. The topological polar surface area (TPSA) is 26.0 Å². The summed E-state index contributed by atoms with van der Waals surface area (Å²) in [7, 11) is 0. The summed E-state index contributed by atoms with van der Waals surface area (Å²) < 4.78 is 6.67. The summed E-state index contributed by atoms with van der Waals surface area (Å²) in [5.74, 6) is 0.157. The lowest BCUT2D eigenvalue weighted by molar-refractivity contribution is 0.662. The minimum atomic E-state index is 0.157. The molecule has 2 heterocycles. The number of rotatable bonds is 2. The average Bonchev–Trinajstić information content (AvgIpc) is 3.41. The largest absolute Gasteiger partial charge is 0.455 e. The number of nitrogens with zero attached hydrogens (tertiary/aromatic N) is 1. The Bertz CT molecular complexity index is 1580. The molecule has 1 aliphatic rings. The van der Waals surface area contributed by atoms with E-state index in [1.165, 1.54) is 27.8 Å². The van der Waals surface area contributed by atoms with Crippen molar-refractivity contribution in [3.63, 3.8) is 0 Å². The molecule has 0 spiro atoms. The van der Waals surface area contributed by atoms with Gasteiger partial charge in [0.1, 0.15) is 11.2 Å². The Morgan fingerprint density at radius 3 is 1.81 bits per heavy atom. The van der Waals surface area contributed by atoms with Crippen molar-refractivity contribution in [3.8, 4) is 22.4 Å². The van der Waals surface area contributed by atoms with Gasteiger partial charge in [-0.15, -0.1) is 0 Å². The van der Waals surface area contributed by atoms with Gasteiger partial charge in [0.05, 0.1) is 5.69 Å². The molecule has 0 atom stereocenters. The predicted molar refractivity (Wildman–Crippen MR) is 130 cm³/mol. The van der Waals surface area contributed by atoms with Crippen LogP contribution in [0.25, 0.3) is 44.3 Å². The zero-order chi connectivity index (χ0) is 21.1. The molecule has 150 valence electrons. The lowest BCUT2D eigenvalue weighted by Crippen LogP contribution is -1.99. The molecule has 1 aliphatic carbocycles. The summed E-state index contributed by atoms with van der Waals surface area (Å²) in [5.41, 5.74) is 10.3. The molecule has 0 aliphatic heterocycles. The third kappa shape index (κ3) is 2.38. The standard InChI is InChI=1S/C30H19NO/c1-3-11-21-19(9-1)20-10-2-4-12-22(20)28(21)26-16-8-14-24-23-13-7-15-25(29(23)32-30(24)26)27-17-5-6-18-31-27/h1-18,28H. The molecule has 32 heavy (non-hydrogen) atoms. The van der Waals surface area contributed by atoms with E-state index in [2.05, 4.69) is 89.9 Å². The van der Waals surface area contributed by atoms with E-state index in [0.29, 0.717) is 0 Å². The quantitative estimate of drug-likeness (QED) is 0.291. The molecule has 0 saturated carbocycles. The van der Waals surface area contributed by atoms with Gasteiger partial charge in [-0.2, -0.15) is 0 Å². The summed E-state index contributed by atoms with van der Waals surface area (Å²) in [4.78, 5) is 4.57. The van der Waals surface area contributed by atoms with Crippen LogP contribution in [-0.2, 0) is 0 Å². The third-order valence-corrected chi connectivity index (χ3v) is 6.64. The van der Waals surface area contributed by atoms with E-state index < -0.39 is 0 Å². The Hall–Kier alpha value is -4.17. The minimum absolute atomic E-state index is 0.157. The maximum atomic E-state index is 6.67. The van der Waals surface area contributed by atoms with E-state index in [4.69, 9.17) is 4.42 Å². The molecule has 0 radical (unpaired) electrons. The van der Waals surface area contributed by atoms with E-state index >= 15 is 0 Å². The van der Waals surface area contributed by atoms with Crippen LogP contribution in [0.4, 0.5) is 0 Å². The van der Waals surface area contributed by atoms with E-state index in [1.807, 2.05) is 24.4 Å². The molecule has 2 heteroatoms. The van der Waals surface area contributed by atoms with Crippen LogP contribution in [0.15, 0.2) is 114 Å². The molecule has 4 aromatic carbocycles. The Kier molecular flexibility index (Phi) is 3.65. The zero-order valence-corrected chi connectivity index (χ0v) is 17.3. The van der Waals surface area contributed by atoms with E-state index in [9.17, 15) is 0 Å². The van der Waals surface area contributed by atoms with Crippen LogP contribution in [-0.4, -0.2) is 4.98 Å². The summed E-state index contributed by atoms with van der Waals surface area (Å²) >= 11 is 0. The van der Waals surface area contributed by atoms with Crippen molar-refractivity contribution in [2.45, 2.75) is 5.92 Å². The maximum absolute atomic E-state index is 6.67. The van der Waals surface area contributed by atoms with Crippen molar-refractivity contribution in [1.82, 2.24) is 4.98 Å². The van der Waals surface area contributed by atoms with Crippen LogP contribution < -0.4 is 0 Å². The normalized spacial score (nSPS) is 12.9. The Labute approximate surface area is 185 Å². The fourth-order valence-corrected chi connectivity index (χ4v) is 5.28. The first-order valence-electron chi connectivity index (χ1n) is 10.9. The fourth-order valence-electron chi connectivity index (χ4n) is 5.28. The summed E-state index contributed by atoms with van der Waals surface area (Å²) in [6.45, 7) is 0. The van der Waals surface area contributed by atoms with Crippen LogP contribution in [0.3, 0.4) is 0 Å². The summed E-state index contributed by atoms with van der Waals surface area (Å²) in [6.07, 6.45) is 1.83. The van der Waals surface area contributed by atoms with Crippen LogP contribution in [0.2, 0.25) is 0 Å². The van der Waals surface area contributed by atoms with Gasteiger partial charge in [-0.25, -0.2) is 0 Å². The van der Waals surface area contributed by atoms with Crippen LogP contribution in [0, 0.1) is 0 Å². The molecule has 6 aromatic rings. The van der Waals surface area contributed by atoms with Gasteiger partial charge in [0.2, 0.25) is 0 Å². The average molecular weight is 409 g/mol. The number of benzene rings is 4. The number of para-hydroxylation sites is 2.